The summed E-state index contributed by atoms with van der Waals surface area (Å²) in [6.07, 6.45) is 1.03. The molecule has 0 bridgehead atoms. The first-order chi connectivity index (χ1) is 8.73. The number of sulfonamides is 1. The molecule has 2 rings (SSSR count). The molecule has 0 amide bonds. The lowest BCUT2D eigenvalue weighted by Gasteiger charge is -2.18. The number of hydrogen-bond acceptors (Lipinski definition) is 4. The number of nitrogens with zero attached hydrogens (tertiary/aromatic N) is 2. The maximum atomic E-state index is 12.2. The Kier molecular flexibility index (Phi) is 3.45. The summed E-state index contributed by atoms with van der Waals surface area (Å²) in [6, 6.07) is 6.89. The molecule has 106 valence electrons. The fourth-order valence-electron chi connectivity index (χ4n) is 1.91. The van der Waals surface area contributed by atoms with E-state index in [0.29, 0.717) is 11.4 Å². The number of benzene rings is 1. The van der Waals surface area contributed by atoms with Gasteiger partial charge in [0.1, 0.15) is 0 Å². The average molecular weight is 305 g/mol. The summed E-state index contributed by atoms with van der Waals surface area (Å²) in [7, 11) is -5.47. The maximum Gasteiger partial charge on any atom is 0.326 e. The van der Waals surface area contributed by atoms with E-state index in [0.717, 1.165) is 6.26 Å². The Morgan fingerprint density at radius 2 is 1.79 bits per heavy atom. The molecule has 19 heavy (non-hydrogen) atoms. The van der Waals surface area contributed by atoms with Gasteiger partial charge < -0.3 is 0 Å². The summed E-state index contributed by atoms with van der Waals surface area (Å²) >= 11 is 0. The topological polar surface area (TPSA) is 86.8 Å². The van der Waals surface area contributed by atoms with E-state index in [1.807, 2.05) is 0 Å². The minimum atomic E-state index is -3.61. The first-order valence-electron chi connectivity index (χ1n) is 5.54. The molecule has 0 unspecified atom stereocenters. The highest BCUT2D eigenvalue weighted by atomic mass is 32.2. The van der Waals surface area contributed by atoms with E-state index in [1.165, 1.54) is 15.7 Å². The normalized spacial score (nSPS) is 17.6. The number of fused-ring (bicyclic) bond motifs is 1. The second-order valence-corrected chi connectivity index (χ2v) is 7.92. The average Bonchev–Trinajstić information content (AvgIpc) is 2.49. The van der Waals surface area contributed by atoms with Crippen molar-refractivity contribution in [3.05, 3.63) is 24.3 Å². The van der Waals surface area contributed by atoms with Gasteiger partial charge in [0, 0.05) is 20.1 Å². The molecule has 0 spiro atoms. The molecular formula is C10H15N3O4S2. The van der Waals surface area contributed by atoms with Crippen molar-refractivity contribution in [2.45, 2.75) is 0 Å². The van der Waals surface area contributed by atoms with E-state index < -0.39 is 20.2 Å². The van der Waals surface area contributed by atoms with Crippen molar-refractivity contribution in [3.63, 3.8) is 0 Å². The number of para-hydroxylation sites is 2. The fraction of sp³-hybridized carbons (Fsp3) is 0.400. The van der Waals surface area contributed by atoms with E-state index in [-0.39, 0.29) is 13.1 Å². The monoisotopic (exact) mass is 305 g/mol. The fourth-order valence-corrected chi connectivity index (χ4v) is 3.79. The van der Waals surface area contributed by atoms with Gasteiger partial charge in [-0.3, -0.25) is 4.31 Å². The first kappa shape index (κ1) is 14.1. The number of rotatable bonds is 4. The van der Waals surface area contributed by atoms with Crippen molar-refractivity contribution < 1.29 is 16.8 Å². The Balaban J connectivity index is 2.25. The van der Waals surface area contributed by atoms with Crippen LogP contribution in [-0.4, -0.2) is 43.2 Å². The summed E-state index contributed by atoms with van der Waals surface area (Å²) in [6.45, 7) is 0.0804. The minimum absolute atomic E-state index is 0.0280. The Labute approximate surface area is 113 Å². The molecule has 0 atom stereocenters. The van der Waals surface area contributed by atoms with Crippen LogP contribution < -0.4 is 13.3 Å². The van der Waals surface area contributed by atoms with E-state index in [2.05, 4.69) is 4.72 Å². The molecule has 1 aromatic rings. The lowest BCUT2D eigenvalue weighted by atomic mass is 10.2. The van der Waals surface area contributed by atoms with Gasteiger partial charge in [0.05, 0.1) is 17.6 Å². The molecule has 7 nitrogen and oxygen atoms in total. The molecule has 0 saturated carbocycles. The van der Waals surface area contributed by atoms with Gasteiger partial charge in [-0.2, -0.15) is 8.42 Å². The van der Waals surface area contributed by atoms with Gasteiger partial charge in [0.2, 0.25) is 10.0 Å². The Bertz CT molecular complexity index is 684. The molecule has 0 radical (unpaired) electrons. The van der Waals surface area contributed by atoms with E-state index in [9.17, 15) is 16.8 Å². The summed E-state index contributed by atoms with van der Waals surface area (Å²) in [5.41, 5.74) is 1.14. The number of nitrogens with one attached hydrogen (secondary N) is 1. The zero-order chi connectivity index (χ0) is 14.3. The van der Waals surface area contributed by atoms with Crippen molar-refractivity contribution >= 4 is 31.6 Å². The van der Waals surface area contributed by atoms with Crippen LogP contribution in [0.25, 0.3) is 0 Å². The molecule has 1 N–H and O–H groups in total. The van der Waals surface area contributed by atoms with Crippen LogP contribution in [-0.2, 0) is 20.2 Å². The first-order valence-corrected chi connectivity index (χ1v) is 8.82. The Hall–Kier alpha value is -1.32. The lowest BCUT2D eigenvalue weighted by Crippen LogP contribution is -2.40. The van der Waals surface area contributed by atoms with Crippen LogP contribution in [0.4, 0.5) is 11.4 Å². The highest BCUT2D eigenvalue weighted by Gasteiger charge is 2.37. The van der Waals surface area contributed by atoms with Gasteiger partial charge in [-0.25, -0.2) is 17.4 Å². The third-order valence-corrected chi connectivity index (χ3v) is 5.35. The predicted molar refractivity (Wildman–Crippen MR) is 74.0 cm³/mol. The van der Waals surface area contributed by atoms with Crippen LogP contribution in [0.3, 0.4) is 0 Å². The summed E-state index contributed by atoms with van der Waals surface area (Å²) in [5.74, 6) is 0. The second-order valence-electron chi connectivity index (χ2n) is 4.20. The van der Waals surface area contributed by atoms with Crippen molar-refractivity contribution in [1.82, 2.24) is 4.72 Å². The SMILES string of the molecule is CN1c2ccccc2N(CCNS(C)(=O)=O)S1(=O)=O. The van der Waals surface area contributed by atoms with Gasteiger partial charge in [-0.15, -0.1) is 0 Å². The summed E-state index contributed by atoms with van der Waals surface area (Å²) in [5, 5.41) is 0. The van der Waals surface area contributed by atoms with E-state index >= 15 is 0 Å². The number of hydrogen-bond donors (Lipinski definition) is 1. The highest BCUT2D eigenvalue weighted by Crippen LogP contribution is 2.38. The van der Waals surface area contributed by atoms with Gasteiger partial charge in [0.25, 0.3) is 0 Å². The summed E-state index contributed by atoms with van der Waals surface area (Å²) in [4.78, 5) is 0. The van der Waals surface area contributed by atoms with E-state index in [4.69, 9.17) is 0 Å². The molecule has 1 aliphatic rings. The smallest absolute Gasteiger partial charge is 0.254 e. The molecular weight excluding hydrogens is 290 g/mol. The number of anilines is 2. The molecule has 1 heterocycles. The van der Waals surface area contributed by atoms with Crippen LogP contribution in [0.2, 0.25) is 0 Å². The zero-order valence-electron chi connectivity index (χ0n) is 10.6. The molecule has 0 aromatic heterocycles. The van der Waals surface area contributed by atoms with Gasteiger partial charge in [-0.1, -0.05) is 12.1 Å². The van der Waals surface area contributed by atoms with Gasteiger partial charge in [0.15, 0.2) is 0 Å². The molecule has 0 aliphatic carbocycles. The molecule has 0 saturated heterocycles. The molecule has 1 aliphatic heterocycles. The zero-order valence-corrected chi connectivity index (χ0v) is 12.2. The van der Waals surface area contributed by atoms with Gasteiger partial charge >= 0.3 is 10.2 Å². The Morgan fingerprint density at radius 1 is 1.21 bits per heavy atom. The predicted octanol–water partition coefficient (Wildman–Crippen LogP) is -0.263. The third kappa shape index (κ3) is 2.67. The maximum absolute atomic E-state index is 12.2. The van der Waals surface area contributed by atoms with Crippen molar-refractivity contribution in [1.29, 1.82) is 0 Å². The standard InChI is InChI=1S/C10H15N3O4S2/c1-12-9-5-3-4-6-10(9)13(19(12,16)17)8-7-11-18(2,14)15/h3-6,11H,7-8H2,1-2H3. The largest absolute Gasteiger partial charge is 0.326 e. The quantitative estimate of drug-likeness (QED) is 0.830. The van der Waals surface area contributed by atoms with Crippen LogP contribution >= 0.6 is 0 Å². The van der Waals surface area contributed by atoms with Crippen LogP contribution in [0, 0.1) is 0 Å². The highest BCUT2D eigenvalue weighted by molar-refractivity contribution is 7.94. The Morgan fingerprint density at radius 3 is 2.37 bits per heavy atom. The van der Waals surface area contributed by atoms with Gasteiger partial charge in [-0.05, 0) is 12.1 Å². The molecule has 0 fully saturated rings. The molecule has 9 heteroatoms. The minimum Gasteiger partial charge on any atom is -0.254 e. The second kappa shape index (κ2) is 4.66. The van der Waals surface area contributed by atoms with Crippen LogP contribution in [0.1, 0.15) is 0 Å². The van der Waals surface area contributed by atoms with Crippen molar-refractivity contribution in [2.75, 3.05) is 35.0 Å². The third-order valence-electron chi connectivity index (χ3n) is 2.79. The van der Waals surface area contributed by atoms with Crippen molar-refractivity contribution in [2.24, 2.45) is 0 Å². The summed E-state index contributed by atoms with van der Waals surface area (Å²) < 4.78 is 51.0. The lowest BCUT2D eigenvalue weighted by molar-refractivity contribution is 0.582. The molecule has 1 aromatic carbocycles. The van der Waals surface area contributed by atoms with Crippen molar-refractivity contribution in [3.8, 4) is 0 Å². The van der Waals surface area contributed by atoms with Crippen LogP contribution in [0.15, 0.2) is 24.3 Å². The van der Waals surface area contributed by atoms with Crippen LogP contribution in [0.5, 0.6) is 0 Å². The van der Waals surface area contributed by atoms with E-state index in [1.54, 1.807) is 24.3 Å².